The van der Waals surface area contributed by atoms with Gasteiger partial charge >= 0.3 is 6.03 Å². The van der Waals surface area contributed by atoms with E-state index in [-0.39, 0.29) is 24.0 Å². The molecule has 1 fully saturated rings. The lowest BCUT2D eigenvalue weighted by molar-refractivity contribution is 0.154. The monoisotopic (exact) mass is 596 g/mol. The molecule has 1 N–H and O–H groups in total. The first-order valence-corrected chi connectivity index (χ1v) is 15.1. The number of amidine groups is 1. The van der Waals surface area contributed by atoms with E-state index in [4.69, 9.17) is 37.7 Å². The largest absolute Gasteiger partial charge is 0.496 e. The van der Waals surface area contributed by atoms with Crippen molar-refractivity contribution in [3.8, 4) is 11.5 Å². The molecule has 218 valence electrons. The van der Waals surface area contributed by atoms with Gasteiger partial charge in [0.25, 0.3) is 0 Å². The van der Waals surface area contributed by atoms with Gasteiger partial charge in [-0.05, 0) is 54.7 Å². The van der Waals surface area contributed by atoms with Crippen LogP contribution in [0.1, 0.15) is 48.9 Å². The summed E-state index contributed by atoms with van der Waals surface area (Å²) < 4.78 is 11.6. The maximum Gasteiger partial charge on any atom is 0.326 e. The number of benzene rings is 2. The van der Waals surface area contributed by atoms with Gasteiger partial charge in [-0.1, -0.05) is 60.8 Å². The standard InChI is InChI=1S/C32H38Cl2N4O3/c1-4-5-6-23-19-26(28(41-3)20-27(23)40-2)31-36-29(21-7-11-24(33)12-8-21)30(22-9-13-25(34)14-10-22)38(31)32(39)37-17-15-35-16-18-37/h7,9-14,19-21,29-30,35H,4-6,8,15-18H2,1-3H3/t21?,29-,30+/m1/s1. The summed E-state index contributed by atoms with van der Waals surface area (Å²) in [4.78, 5) is 23.7. The third-order valence-corrected chi connectivity index (χ3v) is 8.61. The van der Waals surface area contributed by atoms with Gasteiger partial charge in [-0.3, -0.25) is 9.89 Å². The summed E-state index contributed by atoms with van der Waals surface area (Å²) in [5.41, 5.74) is 2.84. The van der Waals surface area contributed by atoms with E-state index in [1.165, 1.54) is 0 Å². The molecule has 3 aliphatic rings. The van der Waals surface area contributed by atoms with E-state index >= 15 is 0 Å². The fraction of sp³-hybridized carbons (Fsp3) is 0.438. The molecule has 41 heavy (non-hydrogen) atoms. The van der Waals surface area contributed by atoms with Crippen molar-refractivity contribution in [3.63, 3.8) is 0 Å². The SMILES string of the molecule is CCCCc1cc(C2=N[C@H](C3C=CC(Cl)=CC3)[C@H](c3ccc(Cl)cc3)N2C(=O)N2CCNCC2)c(OC)cc1OC. The summed E-state index contributed by atoms with van der Waals surface area (Å²) >= 11 is 12.6. The molecule has 2 amide bonds. The zero-order chi connectivity index (χ0) is 28.9. The number of methoxy groups -OCH3 is 2. The van der Waals surface area contributed by atoms with Gasteiger partial charge < -0.3 is 19.7 Å². The fourth-order valence-electron chi connectivity index (χ4n) is 5.88. The summed E-state index contributed by atoms with van der Waals surface area (Å²) in [6.07, 6.45) is 9.75. The number of aryl methyl sites for hydroxylation is 1. The molecule has 3 atom stereocenters. The number of carbonyl (C=O) groups is 1. The molecular formula is C32H38Cl2N4O3. The molecule has 1 unspecified atom stereocenters. The Hall–Kier alpha value is -3.00. The highest BCUT2D eigenvalue weighted by Gasteiger charge is 2.46. The van der Waals surface area contributed by atoms with Crippen LogP contribution >= 0.6 is 23.2 Å². The number of unbranched alkanes of at least 4 members (excludes halogenated alkanes) is 1. The van der Waals surface area contributed by atoms with Crippen LogP contribution in [0, 0.1) is 5.92 Å². The summed E-state index contributed by atoms with van der Waals surface area (Å²) in [6, 6.07) is 11.1. The maximum absolute atomic E-state index is 14.5. The number of nitrogens with one attached hydrogen (secondary N) is 1. The van der Waals surface area contributed by atoms with E-state index < -0.39 is 0 Å². The van der Waals surface area contributed by atoms with Gasteiger partial charge in [0.15, 0.2) is 0 Å². The molecule has 7 nitrogen and oxygen atoms in total. The molecule has 0 spiro atoms. The fourth-order valence-corrected chi connectivity index (χ4v) is 6.17. The Bertz CT molecular complexity index is 1340. The molecule has 0 saturated carbocycles. The van der Waals surface area contributed by atoms with Crippen molar-refractivity contribution < 1.29 is 14.3 Å². The molecule has 0 bridgehead atoms. The van der Waals surface area contributed by atoms with Crippen LogP contribution in [0.5, 0.6) is 11.5 Å². The van der Waals surface area contributed by atoms with Gasteiger partial charge in [0.2, 0.25) is 0 Å². The lowest BCUT2D eigenvalue weighted by Gasteiger charge is -2.37. The van der Waals surface area contributed by atoms with Crippen molar-refractivity contribution in [1.82, 2.24) is 15.1 Å². The Morgan fingerprint density at radius 2 is 1.80 bits per heavy atom. The molecule has 2 aromatic carbocycles. The van der Waals surface area contributed by atoms with Crippen LogP contribution in [0.4, 0.5) is 4.79 Å². The number of allylic oxidation sites excluding steroid dienone is 3. The summed E-state index contributed by atoms with van der Waals surface area (Å²) in [5.74, 6) is 2.07. The third-order valence-electron chi connectivity index (χ3n) is 8.08. The first kappa shape index (κ1) is 29.5. The number of urea groups is 1. The van der Waals surface area contributed by atoms with Crippen LogP contribution in [-0.2, 0) is 6.42 Å². The van der Waals surface area contributed by atoms with Crippen molar-refractivity contribution in [2.24, 2.45) is 10.9 Å². The number of aliphatic imine (C=N–C) groups is 1. The van der Waals surface area contributed by atoms with E-state index in [1.807, 2.05) is 52.3 Å². The zero-order valence-corrected chi connectivity index (χ0v) is 25.4. The van der Waals surface area contributed by atoms with Crippen LogP contribution in [0.25, 0.3) is 0 Å². The van der Waals surface area contributed by atoms with E-state index in [0.717, 1.165) is 66.2 Å². The number of nitrogens with zero attached hydrogens (tertiary/aromatic N) is 3. The number of amides is 2. The predicted molar refractivity (Wildman–Crippen MR) is 166 cm³/mol. The average molecular weight is 598 g/mol. The normalized spacial score (nSPS) is 22.4. The van der Waals surface area contributed by atoms with Crippen LogP contribution < -0.4 is 14.8 Å². The summed E-state index contributed by atoms with van der Waals surface area (Å²) in [6.45, 7) is 4.94. The minimum atomic E-state index is -0.338. The minimum Gasteiger partial charge on any atom is -0.496 e. The van der Waals surface area contributed by atoms with Crippen molar-refractivity contribution in [2.75, 3.05) is 40.4 Å². The Labute approximate surface area is 252 Å². The highest BCUT2D eigenvalue weighted by molar-refractivity contribution is 6.31. The van der Waals surface area contributed by atoms with E-state index in [9.17, 15) is 4.79 Å². The Kier molecular flexibility index (Phi) is 9.58. The van der Waals surface area contributed by atoms with Crippen molar-refractivity contribution in [1.29, 1.82) is 0 Å². The first-order chi connectivity index (χ1) is 19.9. The first-order valence-electron chi connectivity index (χ1n) is 14.4. The Balaban J connectivity index is 1.68. The van der Waals surface area contributed by atoms with Gasteiger partial charge in [0.05, 0.1) is 31.9 Å². The van der Waals surface area contributed by atoms with Gasteiger partial charge in [-0.25, -0.2) is 4.79 Å². The molecule has 2 aromatic rings. The van der Waals surface area contributed by atoms with Crippen LogP contribution in [0.3, 0.4) is 0 Å². The number of hydrogen-bond donors (Lipinski definition) is 1. The van der Waals surface area contributed by atoms with E-state index in [0.29, 0.717) is 29.7 Å². The second-order valence-corrected chi connectivity index (χ2v) is 11.5. The number of halogens is 2. The second-order valence-electron chi connectivity index (χ2n) is 10.6. The average Bonchev–Trinajstić information content (AvgIpc) is 3.40. The second kappa shape index (κ2) is 13.3. The molecule has 0 aromatic heterocycles. The van der Waals surface area contributed by atoms with E-state index in [1.54, 1.807) is 14.2 Å². The quantitative estimate of drug-likeness (QED) is 0.373. The topological polar surface area (TPSA) is 66.4 Å². The van der Waals surface area contributed by atoms with Crippen molar-refractivity contribution in [3.05, 3.63) is 81.4 Å². The molecule has 1 saturated heterocycles. The molecular weight excluding hydrogens is 559 g/mol. The molecule has 9 heteroatoms. The van der Waals surface area contributed by atoms with Crippen LogP contribution in [0.2, 0.25) is 5.02 Å². The number of piperazine rings is 1. The zero-order valence-electron chi connectivity index (χ0n) is 23.9. The molecule has 0 radical (unpaired) electrons. The number of rotatable bonds is 8. The van der Waals surface area contributed by atoms with Crippen LogP contribution in [0.15, 0.2) is 64.7 Å². The lowest BCUT2D eigenvalue weighted by atomic mass is 9.85. The van der Waals surface area contributed by atoms with E-state index in [2.05, 4.69) is 24.4 Å². The molecule has 2 aliphatic heterocycles. The van der Waals surface area contributed by atoms with Gasteiger partial charge in [-0.2, -0.15) is 0 Å². The smallest absolute Gasteiger partial charge is 0.326 e. The van der Waals surface area contributed by atoms with Gasteiger partial charge in [0, 0.05) is 48.2 Å². The minimum absolute atomic E-state index is 0.0535. The van der Waals surface area contributed by atoms with Crippen molar-refractivity contribution in [2.45, 2.75) is 44.7 Å². The number of ether oxygens (including phenoxy) is 2. The molecule has 5 rings (SSSR count). The lowest BCUT2D eigenvalue weighted by Crippen LogP contribution is -2.53. The third kappa shape index (κ3) is 6.27. The predicted octanol–water partition coefficient (Wildman–Crippen LogP) is 6.60. The Morgan fingerprint density at radius 1 is 1.07 bits per heavy atom. The van der Waals surface area contributed by atoms with Gasteiger partial charge in [-0.15, -0.1) is 0 Å². The maximum atomic E-state index is 14.5. The van der Waals surface area contributed by atoms with Gasteiger partial charge in [0.1, 0.15) is 17.3 Å². The van der Waals surface area contributed by atoms with Crippen molar-refractivity contribution >= 4 is 35.1 Å². The highest BCUT2D eigenvalue weighted by atomic mass is 35.5. The highest BCUT2D eigenvalue weighted by Crippen LogP contribution is 2.43. The summed E-state index contributed by atoms with van der Waals surface area (Å²) in [7, 11) is 3.32. The van der Waals surface area contributed by atoms with Crippen LogP contribution in [-0.4, -0.2) is 68.1 Å². The Morgan fingerprint density at radius 3 is 2.44 bits per heavy atom. The molecule has 2 heterocycles. The number of carbonyl (C=O) groups excluding carboxylic acids is 1. The molecule has 1 aliphatic carbocycles. The summed E-state index contributed by atoms with van der Waals surface area (Å²) in [5, 5.41) is 4.72. The number of hydrogen-bond acceptors (Lipinski definition) is 5.